The molecule has 6 nitrogen and oxygen atoms in total. The minimum absolute atomic E-state index is 0.0319. The third-order valence-corrected chi connectivity index (χ3v) is 5.16. The molecular formula is C16H22N2O4S. The highest BCUT2D eigenvalue weighted by Gasteiger charge is 2.22. The Morgan fingerprint density at radius 1 is 1.26 bits per heavy atom. The van der Waals surface area contributed by atoms with E-state index < -0.39 is 10.0 Å². The van der Waals surface area contributed by atoms with Crippen molar-refractivity contribution in [3.63, 3.8) is 0 Å². The Kier molecular flexibility index (Phi) is 6.18. The van der Waals surface area contributed by atoms with Gasteiger partial charge in [-0.15, -0.1) is 6.58 Å². The van der Waals surface area contributed by atoms with Crippen LogP contribution in [0.5, 0.6) is 5.75 Å². The van der Waals surface area contributed by atoms with Crippen molar-refractivity contribution in [2.75, 3.05) is 13.2 Å². The number of hydrogen-bond donors (Lipinski definition) is 2. The van der Waals surface area contributed by atoms with Crippen LogP contribution in [0, 0.1) is 0 Å². The van der Waals surface area contributed by atoms with Gasteiger partial charge in [-0.05, 0) is 37.1 Å². The Morgan fingerprint density at radius 2 is 1.91 bits per heavy atom. The quantitative estimate of drug-likeness (QED) is 0.705. The van der Waals surface area contributed by atoms with Crippen molar-refractivity contribution in [1.29, 1.82) is 0 Å². The van der Waals surface area contributed by atoms with Gasteiger partial charge in [0.15, 0.2) is 6.61 Å². The molecule has 2 N–H and O–H groups in total. The van der Waals surface area contributed by atoms with E-state index in [-0.39, 0.29) is 23.5 Å². The lowest BCUT2D eigenvalue weighted by Crippen LogP contribution is -2.32. The topological polar surface area (TPSA) is 84.5 Å². The van der Waals surface area contributed by atoms with Crippen LogP contribution in [-0.4, -0.2) is 33.5 Å². The Hall–Kier alpha value is -1.86. The van der Waals surface area contributed by atoms with Crippen molar-refractivity contribution in [3.05, 3.63) is 36.9 Å². The summed E-state index contributed by atoms with van der Waals surface area (Å²) in [7, 11) is -3.50. The summed E-state index contributed by atoms with van der Waals surface area (Å²) in [5.41, 5.74) is 0. The number of benzene rings is 1. The van der Waals surface area contributed by atoms with Crippen molar-refractivity contribution in [2.24, 2.45) is 0 Å². The Bertz CT molecular complexity index is 635. The molecule has 7 heteroatoms. The van der Waals surface area contributed by atoms with Crippen LogP contribution in [0.3, 0.4) is 0 Å². The van der Waals surface area contributed by atoms with Crippen molar-refractivity contribution in [1.82, 2.24) is 10.0 Å². The number of carbonyl (C=O) groups is 1. The van der Waals surface area contributed by atoms with Crippen LogP contribution >= 0.6 is 0 Å². The number of sulfonamides is 1. The van der Waals surface area contributed by atoms with E-state index in [0.717, 1.165) is 25.7 Å². The van der Waals surface area contributed by atoms with Gasteiger partial charge in [0.2, 0.25) is 10.0 Å². The summed E-state index contributed by atoms with van der Waals surface area (Å²) in [6.45, 7) is 3.76. The van der Waals surface area contributed by atoms with Crippen molar-refractivity contribution in [2.45, 2.75) is 36.6 Å². The Morgan fingerprint density at radius 3 is 2.52 bits per heavy atom. The summed E-state index contributed by atoms with van der Waals surface area (Å²) in [5, 5.41) is 2.59. The summed E-state index contributed by atoms with van der Waals surface area (Å²) < 4.78 is 32.5. The highest BCUT2D eigenvalue weighted by Crippen LogP contribution is 2.21. The molecule has 1 fully saturated rings. The molecule has 23 heavy (non-hydrogen) atoms. The summed E-state index contributed by atoms with van der Waals surface area (Å²) in [4.78, 5) is 11.6. The fraction of sp³-hybridized carbons (Fsp3) is 0.438. The number of nitrogens with one attached hydrogen (secondary N) is 2. The molecule has 0 atom stereocenters. The Labute approximate surface area is 137 Å². The van der Waals surface area contributed by atoms with Gasteiger partial charge in [0.05, 0.1) is 4.90 Å². The second-order valence-electron chi connectivity index (χ2n) is 5.46. The molecule has 1 amide bonds. The molecule has 1 aromatic rings. The first-order valence-corrected chi connectivity index (χ1v) is 9.12. The molecule has 1 saturated carbocycles. The molecule has 0 unspecified atom stereocenters. The number of carbonyl (C=O) groups excluding carboxylic acids is 1. The molecular weight excluding hydrogens is 316 g/mol. The van der Waals surface area contributed by atoms with Crippen LogP contribution < -0.4 is 14.8 Å². The third-order valence-electron chi connectivity index (χ3n) is 3.62. The molecule has 0 radical (unpaired) electrons. The first kappa shape index (κ1) is 17.5. The molecule has 1 aromatic carbocycles. The van der Waals surface area contributed by atoms with E-state index in [4.69, 9.17) is 4.74 Å². The average Bonchev–Trinajstić information content (AvgIpc) is 3.03. The maximum Gasteiger partial charge on any atom is 0.258 e. The van der Waals surface area contributed by atoms with Crippen LogP contribution in [0.15, 0.2) is 41.8 Å². The largest absolute Gasteiger partial charge is 0.484 e. The summed E-state index contributed by atoms with van der Waals surface area (Å²) >= 11 is 0. The summed E-state index contributed by atoms with van der Waals surface area (Å²) in [6.07, 6.45) is 5.48. The molecule has 1 aliphatic carbocycles. The number of rotatable bonds is 8. The summed E-state index contributed by atoms with van der Waals surface area (Å²) in [6, 6.07) is 6.08. The smallest absolute Gasteiger partial charge is 0.258 e. The number of hydrogen-bond acceptors (Lipinski definition) is 4. The van der Waals surface area contributed by atoms with E-state index in [1.54, 1.807) is 18.2 Å². The monoisotopic (exact) mass is 338 g/mol. The molecule has 126 valence electrons. The zero-order valence-corrected chi connectivity index (χ0v) is 13.8. The van der Waals surface area contributed by atoms with Crippen molar-refractivity contribution in [3.8, 4) is 5.75 Å². The third kappa shape index (κ3) is 5.37. The van der Waals surface area contributed by atoms with Gasteiger partial charge in [-0.2, -0.15) is 0 Å². The molecule has 0 aliphatic heterocycles. The molecule has 2 rings (SSSR count). The predicted octanol–water partition coefficient (Wildman–Crippen LogP) is 1.59. The zero-order chi connectivity index (χ0) is 16.7. The van der Waals surface area contributed by atoms with E-state index >= 15 is 0 Å². The first-order valence-electron chi connectivity index (χ1n) is 7.64. The van der Waals surface area contributed by atoms with E-state index in [1.165, 1.54) is 12.1 Å². The maximum atomic E-state index is 12.3. The lowest BCUT2D eigenvalue weighted by Gasteiger charge is -2.13. The van der Waals surface area contributed by atoms with Gasteiger partial charge in [0, 0.05) is 12.6 Å². The second-order valence-corrected chi connectivity index (χ2v) is 7.17. The maximum absolute atomic E-state index is 12.3. The molecule has 0 heterocycles. The predicted molar refractivity (Wildman–Crippen MR) is 87.7 cm³/mol. The zero-order valence-electron chi connectivity index (χ0n) is 13.0. The van der Waals surface area contributed by atoms with E-state index in [1.807, 2.05) is 0 Å². The standard InChI is InChI=1S/C16H22N2O4S/c1-2-11-17-16(19)12-22-14-7-9-15(10-8-14)23(20,21)18-13-5-3-4-6-13/h2,7-10,13,18H,1,3-6,11-12H2,(H,17,19). The lowest BCUT2D eigenvalue weighted by atomic mass is 10.3. The van der Waals surface area contributed by atoms with Gasteiger partial charge in [0.25, 0.3) is 5.91 Å². The fourth-order valence-electron chi connectivity index (χ4n) is 2.43. The first-order chi connectivity index (χ1) is 11.0. The summed E-state index contributed by atoms with van der Waals surface area (Å²) in [5.74, 6) is 0.183. The fourth-order valence-corrected chi connectivity index (χ4v) is 3.74. The van der Waals surface area contributed by atoms with Crippen LogP contribution in [0.4, 0.5) is 0 Å². The second kappa shape index (κ2) is 8.12. The number of ether oxygens (including phenoxy) is 1. The molecule has 1 aliphatic rings. The SMILES string of the molecule is C=CCNC(=O)COc1ccc(S(=O)(=O)NC2CCCC2)cc1. The molecule has 0 bridgehead atoms. The van der Waals surface area contributed by atoms with Crippen molar-refractivity contribution >= 4 is 15.9 Å². The highest BCUT2D eigenvalue weighted by atomic mass is 32.2. The van der Waals surface area contributed by atoms with Crippen molar-refractivity contribution < 1.29 is 17.9 Å². The van der Waals surface area contributed by atoms with Gasteiger partial charge >= 0.3 is 0 Å². The van der Waals surface area contributed by atoms with Gasteiger partial charge in [-0.25, -0.2) is 13.1 Å². The minimum atomic E-state index is -3.50. The minimum Gasteiger partial charge on any atom is -0.484 e. The van der Waals surface area contributed by atoms with Crippen LogP contribution in [0.2, 0.25) is 0 Å². The van der Waals surface area contributed by atoms with E-state index in [2.05, 4.69) is 16.6 Å². The van der Waals surface area contributed by atoms with E-state index in [9.17, 15) is 13.2 Å². The molecule has 0 aromatic heterocycles. The normalized spacial score (nSPS) is 15.3. The van der Waals surface area contributed by atoms with Crippen LogP contribution in [0.25, 0.3) is 0 Å². The van der Waals surface area contributed by atoms with Gasteiger partial charge < -0.3 is 10.1 Å². The molecule has 0 spiro atoms. The van der Waals surface area contributed by atoms with Gasteiger partial charge in [0.1, 0.15) is 5.75 Å². The van der Waals surface area contributed by atoms with Crippen LogP contribution in [0.1, 0.15) is 25.7 Å². The Balaban J connectivity index is 1.90. The van der Waals surface area contributed by atoms with Crippen LogP contribution in [-0.2, 0) is 14.8 Å². The lowest BCUT2D eigenvalue weighted by molar-refractivity contribution is -0.122. The number of amides is 1. The van der Waals surface area contributed by atoms with E-state index in [0.29, 0.717) is 12.3 Å². The molecule has 0 saturated heterocycles. The average molecular weight is 338 g/mol. The highest BCUT2D eigenvalue weighted by molar-refractivity contribution is 7.89. The van der Waals surface area contributed by atoms with Gasteiger partial charge in [-0.1, -0.05) is 18.9 Å². The van der Waals surface area contributed by atoms with Gasteiger partial charge in [-0.3, -0.25) is 4.79 Å².